The van der Waals surface area contributed by atoms with E-state index in [1.165, 1.54) is 42.5 Å². The van der Waals surface area contributed by atoms with Crippen molar-refractivity contribution in [2.75, 3.05) is 4.31 Å². The lowest BCUT2D eigenvalue weighted by Crippen LogP contribution is -2.35. The normalized spacial score (nSPS) is 12.6. The Morgan fingerprint density at radius 3 is 2.19 bits per heavy atom. The van der Waals surface area contributed by atoms with E-state index in [1.807, 2.05) is 6.92 Å². The second-order valence-corrected chi connectivity index (χ2v) is 9.37. The Hall–Kier alpha value is -2.51. The third-order valence-electron chi connectivity index (χ3n) is 4.94. The molecule has 0 N–H and O–H groups in total. The molecule has 0 unspecified atom stereocenters. The van der Waals surface area contributed by atoms with Crippen molar-refractivity contribution in [2.24, 2.45) is 0 Å². The van der Waals surface area contributed by atoms with E-state index in [0.29, 0.717) is 29.0 Å². The molecule has 0 aliphatic rings. The fourth-order valence-corrected chi connectivity index (χ4v) is 5.28. The van der Waals surface area contributed by atoms with Crippen LogP contribution >= 0.6 is 11.6 Å². The molecule has 0 spiro atoms. The zero-order valence-corrected chi connectivity index (χ0v) is 18.5. The van der Waals surface area contributed by atoms with E-state index in [2.05, 4.69) is 0 Å². The van der Waals surface area contributed by atoms with Crippen molar-refractivity contribution in [2.45, 2.75) is 37.6 Å². The number of rotatable bonds is 7. The molecule has 0 fully saturated rings. The molecule has 0 saturated carbocycles. The Bertz CT molecular complexity index is 1180. The van der Waals surface area contributed by atoms with Crippen LogP contribution in [-0.2, 0) is 16.4 Å². The molecule has 0 aromatic heterocycles. The van der Waals surface area contributed by atoms with Crippen LogP contribution < -0.4 is 4.31 Å². The monoisotopic (exact) mass is 467 g/mol. The van der Waals surface area contributed by atoms with Crippen LogP contribution in [0.4, 0.5) is 18.9 Å². The van der Waals surface area contributed by atoms with E-state index < -0.39 is 39.2 Å². The Labute approximate surface area is 185 Å². The first-order valence-electron chi connectivity index (χ1n) is 9.68. The van der Waals surface area contributed by atoms with E-state index in [4.69, 9.17) is 11.6 Å². The van der Waals surface area contributed by atoms with Crippen LogP contribution in [0.15, 0.2) is 65.6 Å². The predicted molar refractivity (Wildman–Crippen MR) is 116 cm³/mol. The van der Waals surface area contributed by atoms with Gasteiger partial charge in [0.1, 0.15) is 17.5 Å². The summed E-state index contributed by atoms with van der Waals surface area (Å²) in [5, 5.41) is 0.333. The van der Waals surface area contributed by atoms with Crippen molar-refractivity contribution in [3.8, 4) is 0 Å². The van der Waals surface area contributed by atoms with Gasteiger partial charge in [0.2, 0.25) is 0 Å². The second kappa shape index (κ2) is 9.32. The van der Waals surface area contributed by atoms with Crippen LogP contribution in [-0.4, -0.2) is 8.42 Å². The number of hydrogen-bond donors (Lipinski definition) is 0. The standard InChI is InChI=1S/C23H21ClF3NO2S/c1-3-4-16-13-18(25)7-11-21(16)15(2)28(23-14-19(26)8-12-22(23)27)31(29,30)20-9-5-17(24)6-10-20/h5-15H,3-4H2,1-2H3/t15-/m1/s1. The summed E-state index contributed by atoms with van der Waals surface area (Å²) >= 11 is 5.88. The van der Waals surface area contributed by atoms with Gasteiger partial charge in [0.15, 0.2) is 0 Å². The minimum absolute atomic E-state index is 0.133. The summed E-state index contributed by atoms with van der Waals surface area (Å²) in [6.07, 6.45) is 1.19. The smallest absolute Gasteiger partial charge is 0.256 e. The summed E-state index contributed by atoms with van der Waals surface area (Å²) in [6, 6.07) is 11.1. The number of hydrogen-bond acceptors (Lipinski definition) is 2. The highest BCUT2D eigenvalue weighted by Gasteiger charge is 2.33. The van der Waals surface area contributed by atoms with Crippen LogP contribution in [0.1, 0.15) is 37.4 Å². The molecule has 0 aliphatic carbocycles. The Balaban J connectivity index is 2.24. The van der Waals surface area contributed by atoms with E-state index in [0.717, 1.165) is 22.5 Å². The van der Waals surface area contributed by atoms with Gasteiger partial charge in [-0.2, -0.15) is 0 Å². The first-order chi connectivity index (χ1) is 14.6. The van der Waals surface area contributed by atoms with Gasteiger partial charge in [-0.1, -0.05) is 31.0 Å². The number of benzene rings is 3. The summed E-state index contributed by atoms with van der Waals surface area (Å²) in [5.41, 5.74) is 0.668. The van der Waals surface area contributed by atoms with Gasteiger partial charge in [-0.25, -0.2) is 21.6 Å². The maximum Gasteiger partial charge on any atom is 0.264 e. The molecule has 31 heavy (non-hydrogen) atoms. The van der Waals surface area contributed by atoms with Crippen LogP contribution in [0.3, 0.4) is 0 Å². The average molecular weight is 468 g/mol. The predicted octanol–water partition coefficient (Wildman–Crippen LogP) is 6.67. The van der Waals surface area contributed by atoms with Crippen molar-refractivity contribution in [1.29, 1.82) is 0 Å². The Morgan fingerprint density at radius 2 is 1.55 bits per heavy atom. The Kier molecular flexibility index (Phi) is 6.96. The van der Waals surface area contributed by atoms with Gasteiger partial charge >= 0.3 is 0 Å². The third kappa shape index (κ3) is 4.88. The third-order valence-corrected chi connectivity index (χ3v) is 7.09. The van der Waals surface area contributed by atoms with E-state index in [-0.39, 0.29) is 4.90 Å². The fourth-order valence-electron chi connectivity index (χ4n) is 3.52. The van der Waals surface area contributed by atoms with Crippen molar-refractivity contribution in [3.63, 3.8) is 0 Å². The Morgan fingerprint density at radius 1 is 0.935 bits per heavy atom. The molecule has 0 aliphatic heterocycles. The molecule has 8 heteroatoms. The van der Waals surface area contributed by atoms with Gasteiger partial charge in [0.05, 0.1) is 16.6 Å². The number of nitrogens with zero attached hydrogens (tertiary/aromatic N) is 1. The van der Waals surface area contributed by atoms with Gasteiger partial charge < -0.3 is 0 Å². The van der Waals surface area contributed by atoms with Gasteiger partial charge in [-0.3, -0.25) is 4.31 Å². The molecule has 1 atom stereocenters. The summed E-state index contributed by atoms with van der Waals surface area (Å²) in [6.45, 7) is 3.47. The molecule has 0 heterocycles. The van der Waals surface area contributed by atoms with Gasteiger partial charge in [0, 0.05) is 11.1 Å². The van der Waals surface area contributed by atoms with Crippen molar-refractivity contribution in [1.82, 2.24) is 0 Å². The topological polar surface area (TPSA) is 37.4 Å². The van der Waals surface area contributed by atoms with Gasteiger partial charge in [-0.05, 0) is 73.0 Å². The quantitative estimate of drug-likeness (QED) is 0.389. The second-order valence-electron chi connectivity index (χ2n) is 7.12. The maximum atomic E-state index is 14.8. The average Bonchev–Trinajstić information content (AvgIpc) is 2.71. The molecule has 3 aromatic carbocycles. The minimum Gasteiger partial charge on any atom is -0.256 e. The summed E-state index contributed by atoms with van der Waals surface area (Å²) in [5.74, 6) is -2.14. The highest BCUT2D eigenvalue weighted by molar-refractivity contribution is 7.92. The fraction of sp³-hybridized carbons (Fsp3) is 0.217. The van der Waals surface area contributed by atoms with E-state index >= 15 is 0 Å². The first kappa shape index (κ1) is 23.2. The van der Waals surface area contributed by atoms with Crippen LogP contribution in [0.25, 0.3) is 0 Å². The SMILES string of the molecule is CCCc1cc(F)ccc1[C@@H](C)N(c1cc(F)ccc1F)S(=O)(=O)c1ccc(Cl)cc1. The molecule has 0 amide bonds. The molecule has 0 radical (unpaired) electrons. The number of sulfonamides is 1. The lowest BCUT2D eigenvalue weighted by Gasteiger charge is -2.32. The number of aryl methyl sites for hydroxylation is 1. The van der Waals surface area contributed by atoms with Crippen molar-refractivity contribution >= 4 is 27.3 Å². The molecular formula is C23H21ClF3NO2S. The minimum atomic E-state index is -4.33. The highest BCUT2D eigenvalue weighted by atomic mass is 35.5. The summed E-state index contributed by atoms with van der Waals surface area (Å²) in [7, 11) is -4.33. The molecule has 164 valence electrons. The lowest BCUT2D eigenvalue weighted by atomic mass is 9.97. The van der Waals surface area contributed by atoms with E-state index in [9.17, 15) is 21.6 Å². The maximum absolute atomic E-state index is 14.8. The van der Waals surface area contributed by atoms with Crippen molar-refractivity contribution < 1.29 is 21.6 Å². The van der Waals surface area contributed by atoms with Crippen LogP contribution in [0.2, 0.25) is 5.02 Å². The zero-order chi connectivity index (χ0) is 22.8. The van der Waals surface area contributed by atoms with E-state index in [1.54, 1.807) is 6.92 Å². The molecule has 3 nitrogen and oxygen atoms in total. The number of anilines is 1. The van der Waals surface area contributed by atoms with Crippen molar-refractivity contribution in [3.05, 3.63) is 94.3 Å². The zero-order valence-electron chi connectivity index (χ0n) is 16.9. The lowest BCUT2D eigenvalue weighted by molar-refractivity contribution is 0.569. The number of halogens is 4. The molecule has 3 rings (SSSR count). The molecule has 0 saturated heterocycles. The summed E-state index contributed by atoms with van der Waals surface area (Å²) in [4.78, 5) is -0.133. The molecule has 0 bridgehead atoms. The molecule has 3 aromatic rings. The summed E-state index contributed by atoms with van der Waals surface area (Å²) < 4.78 is 70.6. The molecular weight excluding hydrogens is 447 g/mol. The highest BCUT2D eigenvalue weighted by Crippen LogP contribution is 2.37. The van der Waals surface area contributed by atoms with Crippen LogP contribution in [0, 0.1) is 17.5 Å². The van der Waals surface area contributed by atoms with Crippen LogP contribution in [0.5, 0.6) is 0 Å². The first-order valence-corrected chi connectivity index (χ1v) is 11.5. The van der Waals surface area contributed by atoms with Gasteiger partial charge in [-0.15, -0.1) is 0 Å². The largest absolute Gasteiger partial charge is 0.264 e. The van der Waals surface area contributed by atoms with Gasteiger partial charge in [0.25, 0.3) is 10.0 Å².